The molecule has 2 fully saturated rings. The minimum atomic E-state index is -0.363. The summed E-state index contributed by atoms with van der Waals surface area (Å²) in [6, 6.07) is 13.7. The number of benzene rings is 2. The Hall–Kier alpha value is -3.21. The van der Waals surface area contributed by atoms with Gasteiger partial charge in [-0.25, -0.2) is 0 Å². The third kappa shape index (κ3) is 4.64. The summed E-state index contributed by atoms with van der Waals surface area (Å²) in [5, 5.41) is 0. The summed E-state index contributed by atoms with van der Waals surface area (Å²) in [5.41, 5.74) is 10.9. The molecule has 6 rings (SSSR count). The van der Waals surface area contributed by atoms with Gasteiger partial charge in [0.25, 0.3) is 0 Å². The lowest BCUT2D eigenvalue weighted by atomic mass is 9.83. The second-order valence-electron chi connectivity index (χ2n) is 12.3. The van der Waals surface area contributed by atoms with E-state index >= 15 is 0 Å². The number of likely N-dealkylation sites (tertiary alicyclic amines) is 1. The standard InChI is InChI=1S/C34H40N2O3/c1-20(2)28(18-31(37)39-4)34(38)36-15-5-6-30(36)29-17-26(19-35-29)22-8-10-23(11-9-22)27-14-7-21(3)32-24-12-13-25(16-24)33(27)32/h7-11,14,19-20,24-25,28,30H,5-6,12-13,15-18H2,1-4H3/t24?,25?,28-,30-/m0/s1. The van der Waals surface area contributed by atoms with Gasteiger partial charge in [0.05, 0.1) is 25.5 Å². The van der Waals surface area contributed by atoms with Crippen molar-refractivity contribution in [1.82, 2.24) is 4.90 Å². The van der Waals surface area contributed by atoms with E-state index in [0.29, 0.717) is 0 Å². The minimum Gasteiger partial charge on any atom is -0.469 e. The van der Waals surface area contributed by atoms with Crippen LogP contribution in [0.15, 0.2) is 47.6 Å². The number of hydrogen-bond acceptors (Lipinski definition) is 4. The van der Waals surface area contributed by atoms with E-state index in [4.69, 9.17) is 9.73 Å². The van der Waals surface area contributed by atoms with Crippen molar-refractivity contribution in [3.05, 3.63) is 64.9 Å². The average molecular weight is 525 g/mol. The molecule has 2 bridgehead atoms. The number of hydrogen-bond donors (Lipinski definition) is 0. The molecule has 5 heteroatoms. The summed E-state index contributed by atoms with van der Waals surface area (Å²) in [6.45, 7) is 7.00. The van der Waals surface area contributed by atoms with Crippen molar-refractivity contribution >= 4 is 23.2 Å². The van der Waals surface area contributed by atoms with Crippen LogP contribution in [0.2, 0.25) is 0 Å². The Morgan fingerprint density at radius 1 is 1.00 bits per heavy atom. The van der Waals surface area contributed by atoms with Crippen LogP contribution in [0.3, 0.4) is 0 Å². The van der Waals surface area contributed by atoms with Crippen LogP contribution in [0.1, 0.15) is 92.9 Å². The number of methoxy groups -OCH3 is 1. The van der Waals surface area contributed by atoms with E-state index in [-0.39, 0.29) is 36.2 Å². The van der Waals surface area contributed by atoms with Crippen molar-refractivity contribution in [2.75, 3.05) is 13.7 Å². The van der Waals surface area contributed by atoms with Crippen molar-refractivity contribution in [3.8, 4) is 11.1 Å². The van der Waals surface area contributed by atoms with Crippen molar-refractivity contribution in [1.29, 1.82) is 0 Å². The number of ether oxygens (including phenoxy) is 1. The number of nitrogens with zero attached hydrogens (tertiary/aromatic N) is 2. The Morgan fingerprint density at radius 2 is 1.72 bits per heavy atom. The zero-order valence-electron chi connectivity index (χ0n) is 23.7. The first-order valence-corrected chi connectivity index (χ1v) is 14.7. The Morgan fingerprint density at radius 3 is 2.44 bits per heavy atom. The van der Waals surface area contributed by atoms with Gasteiger partial charge in [-0.05, 0) is 95.7 Å². The Balaban J connectivity index is 1.16. The second-order valence-corrected chi connectivity index (χ2v) is 12.3. The van der Waals surface area contributed by atoms with Gasteiger partial charge in [-0.2, -0.15) is 0 Å². The number of allylic oxidation sites excluding steroid dienone is 1. The smallest absolute Gasteiger partial charge is 0.306 e. The molecule has 4 atom stereocenters. The molecule has 2 aromatic rings. The summed E-state index contributed by atoms with van der Waals surface area (Å²) >= 11 is 0. The molecule has 204 valence electrons. The van der Waals surface area contributed by atoms with Gasteiger partial charge in [0.2, 0.25) is 5.91 Å². The highest BCUT2D eigenvalue weighted by atomic mass is 16.5. The van der Waals surface area contributed by atoms with Gasteiger partial charge in [-0.1, -0.05) is 50.2 Å². The summed E-state index contributed by atoms with van der Waals surface area (Å²) in [7, 11) is 1.38. The zero-order chi connectivity index (χ0) is 27.3. The van der Waals surface area contributed by atoms with Crippen molar-refractivity contribution in [2.45, 2.75) is 83.6 Å². The van der Waals surface area contributed by atoms with Gasteiger partial charge in [0.1, 0.15) is 0 Å². The monoisotopic (exact) mass is 524 g/mol. The molecule has 2 unspecified atom stereocenters. The lowest BCUT2D eigenvalue weighted by Gasteiger charge is -2.30. The number of amides is 1. The topological polar surface area (TPSA) is 59.0 Å². The molecular formula is C34H40N2O3. The summed E-state index contributed by atoms with van der Waals surface area (Å²) in [6.07, 6.45) is 8.79. The first-order chi connectivity index (χ1) is 18.9. The van der Waals surface area contributed by atoms with Crippen molar-refractivity contribution in [3.63, 3.8) is 0 Å². The molecule has 5 nitrogen and oxygen atoms in total. The van der Waals surface area contributed by atoms with Gasteiger partial charge in [0, 0.05) is 24.9 Å². The Labute approximate surface area is 232 Å². The highest BCUT2D eigenvalue weighted by molar-refractivity contribution is 6.03. The molecule has 2 aromatic carbocycles. The van der Waals surface area contributed by atoms with E-state index in [2.05, 4.69) is 43.3 Å². The van der Waals surface area contributed by atoms with Crippen LogP contribution in [-0.2, 0) is 14.3 Å². The van der Waals surface area contributed by atoms with Gasteiger partial charge in [-0.15, -0.1) is 0 Å². The average Bonchev–Trinajstić information content (AvgIpc) is 3.75. The van der Waals surface area contributed by atoms with E-state index in [1.807, 2.05) is 24.9 Å². The van der Waals surface area contributed by atoms with Crippen LogP contribution in [0, 0.1) is 18.8 Å². The molecule has 1 saturated heterocycles. The summed E-state index contributed by atoms with van der Waals surface area (Å²) in [5.74, 6) is 0.929. The number of aliphatic imine (C=N–C) groups is 1. The lowest BCUT2D eigenvalue weighted by molar-refractivity contribution is -0.148. The van der Waals surface area contributed by atoms with Gasteiger partial charge in [-0.3, -0.25) is 14.6 Å². The SMILES string of the molecule is COC(=O)C[C@H](C(=O)N1CCC[C@H]1C1=NC=C(c2ccc(-c3ccc(C)c4c3C3CCC4C3)cc2)C1)C(C)C. The van der Waals surface area contributed by atoms with Gasteiger partial charge >= 0.3 is 5.97 Å². The first-order valence-electron chi connectivity index (χ1n) is 14.7. The van der Waals surface area contributed by atoms with E-state index in [1.165, 1.54) is 54.2 Å². The molecule has 2 aliphatic heterocycles. The maximum Gasteiger partial charge on any atom is 0.306 e. The van der Waals surface area contributed by atoms with Crippen LogP contribution in [0.25, 0.3) is 16.7 Å². The molecule has 4 aliphatic rings. The molecule has 1 amide bonds. The van der Waals surface area contributed by atoms with E-state index in [1.54, 1.807) is 11.1 Å². The zero-order valence-corrected chi connectivity index (χ0v) is 23.7. The fraction of sp³-hybridized carbons (Fsp3) is 0.500. The predicted octanol–water partition coefficient (Wildman–Crippen LogP) is 7.04. The van der Waals surface area contributed by atoms with E-state index < -0.39 is 0 Å². The van der Waals surface area contributed by atoms with Gasteiger partial charge < -0.3 is 9.64 Å². The number of carbonyl (C=O) groups is 2. The third-order valence-electron chi connectivity index (χ3n) is 9.74. The van der Waals surface area contributed by atoms with Crippen LogP contribution in [-0.4, -0.2) is 42.2 Å². The molecular weight excluding hydrogens is 484 g/mol. The lowest BCUT2D eigenvalue weighted by Crippen LogP contribution is -2.45. The highest BCUT2D eigenvalue weighted by Gasteiger charge is 2.40. The summed E-state index contributed by atoms with van der Waals surface area (Å²) in [4.78, 5) is 32.3. The van der Waals surface area contributed by atoms with Gasteiger partial charge in [0.15, 0.2) is 0 Å². The number of aryl methyl sites for hydroxylation is 1. The first kappa shape index (κ1) is 26.0. The van der Waals surface area contributed by atoms with Crippen LogP contribution in [0.4, 0.5) is 0 Å². The maximum absolute atomic E-state index is 13.5. The van der Waals surface area contributed by atoms with E-state index in [9.17, 15) is 9.59 Å². The molecule has 0 spiro atoms. The molecule has 0 radical (unpaired) electrons. The summed E-state index contributed by atoms with van der Waals surface area (Å²) < 4.78 is 4.87. The fourth-order valence-corrected chi connectivity index (χ4v) is 7.64. The number of fused-ring (bicyclic) bond motifs is 5. The van der Waals surface area contributed by atoms with Crippen LogP contribution in [0.5, 0.6) is 0 Å². The second kappa shape index (κ2) is 10.4. The highest BCUT2D eigenvalue weighted by Crippen LogP contribution is 2.56. The molecule has 0 aromatic heterocycles. The van der Waals surface area contributed by atoms with Crippen LogP contribution >= 0.6 is 0 Å². The Bertz CT molecular complexity index is 1350. The predicted molar refractivity (Wildman–Crippen MR) is 156 cm³/mol. The number of carbonyl (C=O) groups excluding carboxylic acids is 2. The largest absolute Gasteiger partial charge is 0.469 e. The quantitative estimate of drug-likeness (QED) is 0.365. The van der Waals surface area contributed by atoms with Crippen molar-refractivity contribution in [2.24, 2.45) is 16.8 Å². The number of rotatable bonds is 7. The third-order valence-corrected chi connectivity index (χ3v) is 9.74. The van der Waals surface area contributed by atoms with Crippen molar-refractivity contribution < 1.29 is 14.3 Å². The minimum absolute atomic E-state index is 0.00925. The number of esters is 1. The van der Waals surface area contributed by atoms with Crippen LogP contribution < -0.4 is 0 Å². The molecule has 2 aliphatic carbocycles. The molecule has 39 heavy (non-hydrogen) atoms. The normalized spacial score (nSPS) is 24.1. The molecule has 0 N–H and O–H groups in total. The van der Waals surface area contributed by atoms with E-state index in [0.717, 1.165) is 43.4 Å². The fourth-order valence-electron chi connectivity index (χ4n) is 7.64. The molecule has 1 saturated carbocycles. The maximum atomic E-state index is 13.5. The molecule has 2 heterocycles. The Kier molecular flexibility index (Phi) is 6.95.